The van der Waals surface area contributed by atoms with Gasteiger partial charge in [0.15, 0.2) is 0 Å². The van der Waals surface area contributed by atoms with E-state index in [4.69, 9.17) is 16.3 Å². The van der Waals surface area contributed by atoms with E-state index in [1.54, 1.807) is 0 Å². The van der Waals surface area contributed by atoms with Crippen LogP contribution in [0.25, 0.3) is 0 Å². The van der Waals surface area contributed by atoms with Crippen molar-refractivity contribution in [1.29, 1.82) is 0 Å². The van der Waals surface area contributed by atoms with Gasteiger partial charge in [0.2, 0.25) is 10.0 Å². The quantitative estimate of drug-likeness (QED) is 0.694. The van der Waals surface area contributed by atoms with E-state index in [9.17, 15) is 27.1 Å². The molecule has 1 atom stereocenters. The fourth-order valence-electron chi connectivity index (χ4n) is 3.13. The molecule has 1 fully saturated rings. The Morgan fingerprint density at radius 3 is 2.74 bits per heavy atom. The number of amides is 1. The number of nitrogens with zero attached hydrogens (tertiary/aromatic N) is 1. The van der Waals surface area contributed by atoms with E-state index in [1.165, 1.54) is 31.2 Å². The molecule has 2 aromatic rings. The first-order valence-electron chi connectivity index (χ1n) is 9.29. The van der Waals surface area contributed by atoms with Crippen LogP contribution < -0.4 is 5.32 Å². The van der Waals surface area contributed by atoms with Crippen molar-refractivity contribution in [1.82, 2.24) is 4.31 Å². The number of ether oxygens (including phenoxy) is 1. The van der Waals surface area contributed by atoms with Gasteiger partial charge >= 0.3 is 0 Å². The second kappa shape index (κ2) is 9.17. The van der Waals surface area contributed by atoms with Crippen LogP contribution in [-0.4, -0.2) is 55.6 Å². The number of alkyl halides is 1. The molecular weight excluding hydrogens is 454 g/mol. The Hall–Kier alpha value is -2.11. The highest BCUT2D eigenvalue weighted by atomic mass is 35.5. The zero-order valence-corrected chi connectivity index (χ0v) is 18.1. The minimum atomic E-state index is -4.24. The smallest absolute Gasteiger partial charge is 0.255 e. The highest BCUT2D eigenvalue weighted by Crippen LogP contribution is 2.26. The first-order valence-corrected chi connectivity index (χ1v) is 11.1. The largest absolute Gasteiger partial charge is 0.386 e. The predicted octanol–water partition coefficient (Wildman–Crippen LogP) is 2.97. The zero-order valence-electron chi connectivity index (χ0n) is 16.6. The molecule has 1 aliphatic rings. The van der Waals surface area contributed by atoms with Gasteiger partial charge in [0.25, 0.3) is 5.91 Å². The number of rotatable bonds is 5. The Balaban J connectivity index is 1.94. The summed E-state index contributed by atoms with van der Waals surface area (Å²) in [6.45, 7) is 0.114. The molecule has 31 heavy (non-hydrogen) atoms. The summed E-state index contributed by atoms with van der Waals surface area (Å²) < 4.78 is 59.6. The number of hydrogen-bond donors (Lipinski definition) is 2. The molecular formula is C20H21ClF2N2O5S. The van der Waals surface area contributed by atoms with Gasteiger partial charge in [0.05, 0.1) is 28.7 Å². The lowest BCUT2D eigenvalue weighted by atomic mass is 10.1. The summed E-state index contributed by atoms with van der Waals surface area (Å²) in [5, 5.41) is 12.6. The van der Waals surface area contributed by atoms with Crippen molar-refractivity contribution in [2.75, 3.05) is 31.6 Å². The number of halogens is 3. The van der Waals surface area contributed by atoms with Crippen LogP contribution in [0.15, 0.2) is 41.3 Å². The number of anilines is 1. The van der Waals surface area contributed by atoms with Gasteiger partial charge < -0.3 is 15.2 Å². The molecule has 1 amide bonds. The molecule has 0 radical (unpaired) electrons. The predicted molar refractivity (Wildman–Crippen MR) is 111 cm³/mol. The summed E-state index contributed by atoms with van der Waals surface area (Å²) in [6, 6.07) is 7.16. The number of hydrogen-bond acceptors (Lipinski definition) is 5. The highest BCUT2D eigenvalue weighted by molar-refractivity contribution is 7.89. The molecule has 0 aliphatic carbocycles. The molecule has 0 saturated carbocycles. The van der Waals surface area contributed by atoms with Gasteiger partial charge in [-0.2, -0.15) is 4.31 Å². The Morgan fingerprint density at radius 1 is 1.32 bits per heavy atom. The van der Waals surface area contributed by atoms with E-state index in [0.717, 1.165) is 16.4 Å². The highest BCUT2D eigenvalue weighted by Gasteiger charge is 2.36. The van der Waals surface area contributed by atoms with Gasteiger partial charge in [-0.3, -0.25) is 4.79 Å². The number of carbonyl (C=O) groups excluding carboxylic acids is 1. The minimum Gasteiger partial charge on any atom is -0.386 e. The van der Waals surface area contributed by atoms with E-state index in [0.29, 0.717) is 0 Å². The van der Waals surface area contributed by atoms with Crippen molar-refractivity contribution in [2.24, 2.45) is 0 Å². The molecule has 0 bridgehead atoms. The lowest BCUT2D eigenvalue weighted by Gasteiger charge is -2.27. The summed E-state index contributed by atoms with van der Waals surface area (Å²) in [6.07, 6.45) is 0. The molecule has 7 nitrogen and oxygen atoms in total. The summed E-state index contributed by atoms with van der Waals surface area (Å²) in [4.78, 5) is 12.2. The Kier molecular flexibility index (Phi) is 6.97. The van der Waals surface area contributed by atoms with Gasteiger partial charge in [-0.1, -0.05) is 17.7 Å². The molecule has 1 saturated heterocycles. The van der Waals surface area contributed by atoms with Crippen molar-refractivity contribution in [2.45, 2.75) is 24.1 Å². The Bertz CT molecular complexity index is 1090. The molecule has 168 valence electrons. The number of sulfonamides is 1. The lowest BCUT2D eigenvalue weighted by Crippen LogP contribution is -2.44. The Morgan fingerprint density at radius 2 is 2.06 bits per heavy atom. The van der Waals surface area contributed by atoms with E-state index >= 15 is 0 Å². The summed E-state index contributed by atoms with van der Waals surface area (Å²) >= 11 is 5.71. The fourth-order valence-corrected chi connectivity index (χ4v) is 5.08. The summed E-state index contributed by atoms with van der Waals surface area (Å²) in [5.74, 6) is -1.34. The molecule has 11 heteroatoms. The number of aliphatic hydroxyl groups is 1. The topological polar surface area (TPSA) is 95.9 Å². The first kappa shape index (κ1) is 23.6. The normalized spacial score (nSPS) is 20.3. The third kappa shape index (κ3) is 5.39. The second-order valence-electron chi connectivity index (χ2n) is 7.43. The van der Waals surface area contributed by atoms with E-state index < -0.39 is 34.0 Å². The molecule has 1 aliphatic heterocycles. The zero-order chi connectivity index (χ0) is 22.8. The third-order valence-corrected chi connectivity index (χ3v) is 6.90. The van der Waals surface area contributed by atoms with Gasteiger partial charge in [-0.25, -0.2) is 17.2 Å². The average molecular weight is 475 g/mol. The minimum absolute atomic E-state index is 0.0330. The summed E-state index contributed by atoms with van der Waals surface area (Å²) in [7, 11) is -4.24. The van der Waals surface area contributed by atoms with Crippen LogP contribution >= 0.6 is 11.6 Å². The monoisotopic (exact) mass is 474 g/mol. The lowest BCUT2D eigenvalue weighted by molar-refractivity contribution is -0.0174. The molecule has 2 aromatic carbocycles. The number of β-amino-alcohol motifs (C(OH)–C–C–N with tert-alkyl or cyclic N) is 1. The average Bonchev–Trinajstić information content (AvgIpc) is 2.91. The maximum Gasteiger partial charge on any atom is 0.255 e. The van der Waals surface area contributed by atoms with Crippen molar-refractivity contribution in [3.63, 3.8) is 0 Å². The number of benzene rings is 2. The Labute approximate surface area is 183 Å². The standard InChI is InChI=1S/C20H21ClF2N2O5S/c1-20(27)11-25(6-7-30-12-20)31(28,29)18-8-13(2-3-14(18)10-22)19(26)24-15-4-5-17(23)16(21)9-15/h2-5,8-9,27H,6-7,10-12H2,1H3,(H,24,26). The van der Waals surface area contributed by atoms with Crippen LogP contribution in [0.5, 0.6) is 0 Å². The maximum atomic E-state index is 13.6. The molecule has 0 aromatic heterocycles. The van der Waals surface area contributed by atoms with E-state index in [2.05, 4.69) is 5.32 Å². The van der Waals surface area contributed by atoms with Crippen LogP contribution in [0.1, 0.15) is 22.8 Å². The molecule has 1 unspecified atom stereocenters. The van der Waals surface area contributed by atoms with Crippen LogP contribution in [0, 0.1) is 5.82 Å². The van der Waals surface area contributed by atoms with Crippen LogP contribution in [0.2, 0.25) is 5.02 Å². The van der Waals surface area contributed by atoms with Crippen molar-refractivity contribution in [3.05, 3.63) is 58.4 Å². The SMILES string of the molecule is CC1(O)COCCN(S(=O)(=O)c2cc(C(=O)Nc3ccc(F)c(Cl)c3)ccc2CF)C1. The van der Waals surface area contributed by atoms with Gasteiger partial charge in [0.1, 0.15) is 12.5 Å². The molecule has 0 spiro atoms. The fraction of sp³-hybridized carbons (Fsp3) is 0.350. The van der Waals surface area contributed by atoms with Crippen LogP contribution in [-0.2, 0) is 21.4 Å². The van der Waals surface area contributed by atoms with E-state index in [1.807, 2.05) is 0 Å². The van der Waals surface area contributed by atoms with Crippen molar-refractivity contribution in [3.8, 4) is 0 Å². The second-order valence-corrected chi connectivity index (χ2v) is 9.74. The summed E-state index contributed by atoms with van der Waals surface area (Å²) in [5.41, 5.74) is -1.38. The van der Waals surface area contributed by atoms with Gasteiger partial charge in [-0.05, 0) is 37.3 Å². The van der Waals surface area contributed by atoms with Crippen molar-refractivity contribution >= 4 is 33.2 Å². The molecule has 3 rings (SSSR count). The van der Waals surface area contributed by atoms with Crippen LogP contribution in [0.4, 0.5) is 14.5 Å². The van der Waals surface area contributed by atoms with E-state index in [-0.39, 0.29) is 53.0 Å². The molecule has 1 heterocycles. The number of carbonyl (C=O) groups is 1. The van der Waals surface area contributed by atoms with Crippen LogP contribution in [0.3, 0.4) is 0 Å². The van der Waals surface area contributed by atoms with Crippen molar-refractivity contribution < 1.29 is 31.8 Å². The maximum absolute atomic E-state index is 13.6. The number of nitrogens with one attached hydrogen (secondary N) is 1. The van der Waals surface area contributed by atoms with Gasteiger partial charge in [0, 0.05) is 29.9 Å². The molecule has 2 N–H and O–H groups in total. The third-order valence-electron chi connectivity index (χ3n) is 4.68. The first-order chi connectivity index (χ1) is 14.5. The van der Waals surface area contributed by atoms with Gasteiger partial charge in [-0.15, -0.1) is 0 Å².